The van der Waals surface area contributed by atoms with Gasteiger partial charge in [0.1, 0.15) is 5.82 Å². The third-order valence-corrected chi connectivity index (χ3v) is 4.53. The average molecular weight is 358 g/mol. The Labute approximate surface area is 151 Å². The molecule has 0 bridgehead atoms. The lowest BCUT2D eigenvalue weighted by Crippen LogP contribution is -2.16. The van der Waals surface area contributed by atoms with Crippen LogP contribution < -0.4 is 5.32 Å². The fourth-order valence-corrected chi connectivity index (χ4v) is 2.76. The molecule has 0 spiro atoms. The largest absolute Gasteiger partial charge is 0.307 e. The van der Waals surface area contributed by atoms with Crippen LogP contribution in [0.5, 0.6) is 0 Å². The molecule has 3 aromatic rings. The quantitative estimate of drug-likeness (QED) is 0.762. The van der Waals surface area contributed by atoms with E-state index in [0.29, 0.717) is 16.4 Å². The molecule has 130 valence electrons. The lowest BCUT2D eigenvalue weighted by Gasteiger charge is -2.12. The average Bonchev–Trinajstić information content (AvgIpc) is 3.15. The minimum absolute atomic E-state index is 0.170. The van der Waals surface area contributed by atoms with Crippen LogP contribution in [-0.4, -0.2) is 25.5 Å². The van der Waals surface area contributed by atoms with Gasteiger partial charge in [-0.05, 0) is 52.0 Å². The Balaban J connectivity index is 1.81. The number of nitrogens with zero attached hydrogens (tertiary/aromatic N) is 4. The first-order chi connectivity index (χ1) is 11.9. The van der Waals surface area contributed by atoms with Gasteiger partial charge in [-0.15, -0.1) is 0 Å². The molecule has 1 amide bonds. The molecule has 0 aliphatic heterocycles. The van der Waals surface area contributed by atoms with Crippen molar-refractivity contribution in [3.8, 4) is 5.69 Å². The molecule has 0 fully saturated rings. The number of aryl methyl sites for hydroxylation is 1. The van der Waals surface area contributed by atoms with Crippen molar-refractivity contribution < 1.29 is 4.79 Å². The van der Waals surface area contributed by atoms with Crippen LogP contribution >= 0.6 is 11.6 Å². The number of carbonyl (C=O) groups excluding carboxylic acids is 1. The fraction of sp³-hybridized carbons (Fsp3) is 0.278. The van der Waals surface area contributed by atoms with E-state index in [1.807, 2.05) is 39.8 Å². The summed E-state index contributed by atoms with van der Waals surface area (Å²) in [6.45, 7) is 7.80. The molecule has 0 aliphatic carbocycles. The summed E-state index contributed by atoms with van der Waals surface area (Å²) < 4.78 is 3.54. The number of anilines is 1. The number of carbonyl (C=O) groups is 1. The summed E-state index contributed by atoms with van der Waals surface area (Å²) in [4.78, 5) is 12.5. The smallest absolute Gasteiger partial charge is 0.256 e. The summed E-state index contributed by atoms with van der Waals surface area (Å²) in [6.07, 6.45) is 1.67. The molecule has 0 saturated heterocycles. The molecule has 1 aromatic carbocycles. The maximum atomic E-state index is 12.5. The first kappa shape index (κ1) is 17.2. The van der Waals surface area contributed by atoms with Gasteiger partial charge in [-0.3, -0.25) is 4.79 Å². The lowest BCUT2D eigenvalue weighted by molar-refractivity contribution is 0.102. The highest BCUT2D eigenvalue weighted by atomic mass is 35.5. The van der Waals surface area contributed by atoms with Gasteiger partial charge in [-0.25, -0.2) is 9.36 Å². The van der Waals surface area contributed by atoms with Gasteiger partial charge in [0.15, 0.2) is 0 Å². The molecule has 0 saturated carbocycles. The zero-order chi connectivity index (χ0) is 18.1. The van der Waals surface area contributed by atoms with E-state index in [-0.39, 0.29) is 11.9 Å². The van der Waals surface area contributed by atoms with E-state index in [2.05, 4.69) is 15.5 Å². The Morgan fingerprint density at radius 2 is 1.84 bits per heavy atom. The Hall–Kier alpha value is -2.60. The lowest BCUT2D eigenvalue weighted by atomic mass is 10.2. The van der Waals surface area contributed by atoms with Crippen molar-refractivity contribution in [1.29, 1.82) is 0 Å². The normalized spacial score (nSPS) is 11.1. The topological polar surface area (TPSA) is 64.7 Å². The SMILES string of the molecule is Cc1nn(-c2ccc(C(=O)Nc3ccnn3C(C)C)cc2)c(C)c1Cl. The standard InChI is InChI=1S/C18H20ClN5O/c1-11(2)23-16(9-10-20-23)21-18(25)14-5-7-15(8-6-14)24-13(4)17(19)12(3)22-24/h5-11H,1-4H3,(H,21,25). The van der Waals surface area contributed by atoms with Crippen LogP contribution in [0.1, 0.15) is 41.6 Å². The van der Waals surface area contributed by atoms with Crippen LogP contribution in [0.2, 0.25) is 5.02 Å². The minimum atomic E-state index is -0.180. The van der Waals surface area contributed by atoms with Crippen LogP contribution in [0.3, 0.4) is 0 Å². The van der Waals surface area contributed by atoms with Crippen molar-refractivity contribution >= 4 is 23.3 Å². The molecule has 0 unspecified atom stereocenters. The number of hydrogen-bond donors (Lipinski definition) is 1. The number of hydrogen-bond acceptors (Lipinski definition) is 3. The molecule has 0 atom stereocenters. The highest BCUT2D eigenvalue weighted by Crippen LogP contribution is 2.22. The van der Waals surface area contributed by atoms with Crippen molar-refractivity contribution in [3.05, 3.63) is 58.5 Å². The molecule has 3 rings (SSSR count). The Bertz CT molecular complexity index is 908. The minimum Gasteiger partial charge on any atom is -0.307 e. The van der Waals surface area contributed by atoms with Gasteiger partial charge in [0.2, 0.25) is 0 Å². The van der Waals surface area contributed by atoms with E-state index in [0.717, 1.165) is 17.1 Å². The summed E-state index contributed by atoms with van der Waals surface area (Å²) in [7, 11) is 0. The number of benzene rings is 1. The molecule has 6 nitrogen and oxygen atoms in total. The first-order valence-electron chi connectivity index (χ1n) is 8.05. The van der Waals surface area contributed by atoms with Crippen LogP contribution in [0.4, 0.5) is 5.82 Å². The van der Waals surface area contributed by atoms with Gasteiger partial charge in [-0.1, -0.05) is 11.6 Å². The van der Waals surface area contributed by atoms with Gasteiger partial charge in [0.25, 0.3) is 5.91 Å². The van der Waals surface area contributed by atoms with Crippen LogP contribution in [-0.2, 0) is 0 Å². The molecule has 2 aromatic heterocycles. The van der Waals surface area contributed by atoms with E-state index >= 15 is 0 Å². The van der Waals surface area contributed by atoms with Crippen molar-refractivity contribution in [3.63, 3.8) is 0 Å². The molecule has 7 heteroatoms. The molecule has 1 N–H and O–H groups in total. The second-order valence-corrected chi connectivity index (χ2v) is 6.53. The number of amides is 1. The maximum absolute atomic E-state index is 12.5. The van der Waals surface area contributed by atoms with E-state index in [9.17, 15) is 4.79 Å². The van der Waals surface area contributed by atoms with Gasteiger partial charge in [0, 0.05) is 17.7 Å². The molecular formula is C18H20ClN5O. The summed E-state index contributed by atoms with van der Waals surface area (Å²) >= 11 is 6.19. The Morgan fingerprint density at radius 1 is 1.16 bits per heavy atom. The summed E-state index contributed by atoms with van der Waals surface area (Å²) in [5, 5.41) is 12.2. The summed E-state index contributed by atoms with van der Waals surface area (Å²) in [5.74, 6) is 0.495. The van der Waals surface area contributed by atoms with Crippen LogP contribution in [0, 0.1) is 13.8 Å². The van der Waals surface area contributed by atoms with E-state index < -0.39 is 0 Å². The number of halogens is 1. The third-order valence-electron chi connectivity index (χ3n) is 3.98. The zero-order valence-electron chi connectivity index (χ0n) is 14.6. The Kier molecular flexibility index (Phi) is 4.63. The number of rotatable bonds is 4. The highest BCUT2D eigenvalue weighted by Gasteiger charge is 2.13. The highest BCUT2D eigenvalue weighted by molar-refractivity contribution is 6.31. The van der Waals surface area contributed by atoms with Gasteiger partial charge >= 0.3 is 0 Å². The second kappa shape index (κ2) is 6.72. The summed E-state index contributed by atoms with van der Waals surface area (Å²) in [6, 6.07) is 9.19. The molecule has 0 aliphatic rings. The molecular weight excluding hydrogens is 338 g/mol. The van der Waals surface area contributed by atoms with Gasteiger partial charge in [0.05, 0.1) is 28.3 Å². The predicted octanol–water partition coefficient (Wildman–Crippen LogP) is 4.17. The van der Waals surface area contributed by atoms with Crippen molar-refractivity contribution in [2.75, 3.05) is 5.32 Å². The van der Waals surface area contributed by atoms with E-state index in [1.54, 1.807) is 33.8 Å². The maximum Gasteiger partial charge on any atom is 0.256 e. The summed E-state index contributed by atoms with van der Waals surface area (Å²) in [5.41, 5.74) is 3.07. The Morgan fingerprint density at radius 3 is 2.40 bits per heavy atom. The number of aromatic nitrogens is 4. The van der Waals surface area contributed by atoms with Crippen LogP contribution in [0.15, 0.2) is 36.5 Å². The zero-order valence-corrected chi connectivity index (χ0v) is 15.4. The first-order valence-corrected chi connectivity index (χ1v) is 8.43. The molecule has 25 heavy (non-hydrogen) atoms. The van der Waals surface area contributed by atoms with Gasteiger partial charge < -0.3 is 5.32 Å². The third kappa shape index (κ3) is 3.30. The van der Waals surface area contributed by atoms with Crippen molar-refractivity contribution in [2.24, 2.45) is 0 Å². The van der Waals surface area contributed by atoms with Crippen LogP contribution in [0.25, 0.3) is 5.69 Å². The van der Waals surface area contributed by atoms with E-state index in [4.69, 9.17) is 11.6 Å². The fourth-order valence-electron chi connectivity index (χ4n) is 2.64. The van der Waals surface area contributed by atoms with Crippen molar-refractivity contribution in [1.82, 2.24) is 19.6 Å². The molecule has 2 heterocycles. The molecule has 0 radical (unpaired) electrons. The second-order valence-electron chi connectivity index (χ2n) is 6.15. The van der Waals surface area contributed by atoms with E-state index in [1.165, 1.54) is 0 Å². The van der Waals surface area contributed by atoms with Crippen molar-refractivity contribution in [2.45, 2.75) is 33.7 Å². The predicted molar refractivity (Wildman–Crippen MR) is 98.6 cm³/mol. The van der Waals surface area contributed by atoms with Gasteiger partial charge in [-0.2, -0.15) is 10.2 Å². The monoisotopic (exact) mass is 357 g/mol. The number of nitrogens with one attached hydrogen (secondary N) is 1.